The van der Waals surface area contributed by atoms with Gasteiger partial charge in [-0.25, -0.2) is 4.98 Å². The molecule has 0 aliphatic heterocycles. The van der Waals surface area contributed by atoms with Gasteiger partial charge in [-0.15, -0.1) is 11.8 Å². The van der Waals surface area contributed by atoms with Gasteiger partial charge in [-0.05, 0) is 12.0 Å². The van der Waals surface area contributed by atoms with Crippen LogP contribution in [-0.4, -0.2) is 17.8 Å². The lowest BCUT2D eigenvalue weighted by Crippen LogP contribution is -1.99. The standard InChI is InChI=1S/C11H18N2OS/c1-4-8(2)7-15-11-9(12)5-6-10(13-11)14-3/h5-6,8H,4,7,12H2,1-3H3. The lowest BCUT2D eigenvalue weighted by atomic mass is 10.2. The first kappa shape index (κ1) is 12.2. The number of nitrogens with zero attached hydrogens (tertiary/aromatic N) is 1. The second-order valence-electron chi connectivity index (χ2n) is 3.57. The molecule has 0 saturated heterocycles. The van der Waals surface area contributed by atoms with Crippen molar-refractivity contribution in [3.8, 4) is 5.88 Å². The maximum Gasteiger partial charge on any atom is 0.214 e. The number of nitrogen functional groups attached to an aromatic ring is 1. The summed E-state index contributed by atoms with van der Waals surface area (Å²) in [5.41, 5.74) is 6.56. The Bertz CT molecular complexity index is 317. The number of aromatic nitrogens is 1. The van der Waals surface area contributed by atoms with Crippen molar-refractivity contribution in [1.82, 2.24) is 4.98 Å². The number of anilines is 1. The molecule has 1 rings (SSSR count). The smallest absolute Gasteiger partial charge is 0.214 e. The fourth-order valence-electron chi connectivity index (χ4n) is 1.00. The van der Waals surface area contributed by atoms with Gasteiger partial charge in [0.15, 0.2) is 0 Å². The molecule has 1 atom stereocenters. The molecule has 1 aromatic heterocycles. The molecule has 0 saturated carbocycles. The van der Waals surface area contributed by atoms with Crippen LogP contribution in [0.5, 0.6) is 5.88 Å². The van der Waals surface area contributed by atoms with E-state index in [1.807, 2.05) is 6.07 Å². The summed E-state index contributed by atoms with van der Waals surface area (Å²) in [5.74, 6) is 2.35. The molecule has 3 nitrogen and oxygen atoms in total. The fraction of sp³-hybridized carbons (Fsp3) is 0.545. The van der Waals surface area contributed by atoms with E-state index in [1.165, 1.54) is 6.42 Å². The van der Waals surface area contributed by atoms with Gasteiger partial charge < -0.3 is 10.5 Å². The van der Waals surface area contributed by atoms with E-state index in [1.54, 1.807) is 24.9 Å². The molecule has 0 aliphatic rings. The monoisotopic (exact) mass is 226 g/mol. The fourth-order valence-corrected chi connectivity index (χ4v) is 2.07. The van der Waals surface area contributed by atoms with E-state index in [-0.39, 0.29) is 0 Å². The van der Waals surface area contributed by atoms with Crippen LogP contribution in [0.4, 0.5) is 5.69 Å². The topological polar surface area (TPSA) is 48.1 Å². The van der Waals surface area contributed by atoms with Crippen LogP contribution >= 0.6 is 11.8 Å². The van der Waals surface area contributed by atoms with Crippen LogP contribution in [0.25, 0.3) is 0 Å². The molecule has 15 heavy (non-hydrogen) atoms. The minimum atomic E-state index is 0.621. The normalized spacial score (nSPS) is 12.5. The molecule has 0 aromatic carbocycles. The molecule has 0 fully saturated rings. The maximum absolute atomic E-state index is 5.83. The van der Waals surface area contributed by atoms with Crippen molar-refractivity contribution < 1.29 is 4.74 Å². The van der Waals surface area contributed by atoms with E-state index in [0.717, 1.165) is 16.5 Å². The molecule has 0 bridgehead atoms. The van der Waals surface area contributed by atoms with Gasteiger partial charge in [-0.1, -0.05) is 20.3 Å². The van der Waals surface area contributed by atoms with Gasteiger partial charge in [0.1, 0.15) is 5.03 Å². The van der Waals surface area contributed by atoms with Crippen LogP contribution in [0.2, 0.25) is 0 Å². The molecular weight excluding hydrogens is 208 g/mol. The third kappa shape index (κ3) is 3.63. The second kappa shape index (κ2) is 5.85. The molecule has 4 heteroatoms. The SMILES string of the molecule is CCC(C)CSc1nc(OC)ccc1N. The zero-order valence-corrected chi connectivity index (χ0v) is 10.3. The van der Waals surface area contributed by atoms with Crippen LogP contribution < -0.4 is 10.5 Å². The zero-order valence-electron chi connectivity index (χ0n) is 9.49. The average molecular weight is 226 g/mol. The van der Waals surface area contributed by atoms with Gasteiger partial charge in [-0.2, -0.15) is 0 Å². The number of thioether (sulfide) groups is 1. The van der Waals surface area contributed by atoms with Crippen molar-refractivity contribution in [1.29, 1.82) is 0 Å². The van der Waals surface area contributed by atoms with Crippen molar-refractivity contribution in [2.75, 3.05) is 18.6 Å². The van der Waals surface area contributed by atoms with E-state index in [0.29, 0.717) is 11.8 Å². The van der Waals surface area contributed by atoms with E-state index in [2.05, 4.69) is 18.8 Å². The summed E-state index contributed by atoms with van der Waals surface area (Å²) in [5, 5.41) is 0.870. The Kier molecular flexibility index (Phi) is 4.75. The Morgan fingerprint density at radius 1 is 1.53 bits per heavy atom. The molecule has 84 valence electrons. The second-order valence-corrected chi connectivity index (χ2v) is 4.58. The number of ether oxygens (including phenoxy) is 1. The molecule has 1 heterocycles. The quantitative estimate of drug-likeness (QED) is 0.784. The van der Waals surface area contributed by atoms with Gasteiger partial charge in [0.25, 0.3) is 0 Å². The van der Waals surface area contributed by atoms with Crippen LogP contribution in [0.15, 0.2) is 17.2 Å². The van der Waals surface area contributed by atoms with Crippen LogP contribution in [0, 0.1) is 5.92 Å². The third-order valence-corrected chi connectivity index (χ3v) is 3.61. The van der Waals surface area contributed by atoms with Gasteiger partial charge >= 0.3 is 0 Å². The van der Waals surface area contributed by atoms with Crippen LogP contribution in [0.3, 0.4) is 0 Å². The average Bonchev–Trinajstić information content (AvgIpc) is 2.27. The van der Waals surface area contributed by atoms with Crippen molar-refractivity contribution in [3.63, 3.8) is 0 Å². The predicted octanol–water partition coefficient (Wildman–Crippen LogP) is 2.81. The first-order valence-electron chi connectivity index (χ1n) is 5.10. The van der Waals surface area contributed by atoms with E-state index in [9.17, 15) is 0 Å². The Morgan fingerprint density at radius 2 is 2.27 bits per heavy atom. The predicted molar refractivity (Wildman–Crippen MR) is 65.4 cm³/mol. The molecule has 1 aromatic rings. The highest BCUT2D eigenvalue weighted by molar-refractivity contribution is 7.99. The molecule has 0 amide bonds. The minimum Gasteiger partial charge on any atom is -0.481 e. The number of pyridine rings is 1. The summed E-state index contributed by atoms with van der Waals surface area (Å²) in [7, 11) is 1.61. The van der Waals surface area contributed by atoms with Crippen LogP contribution in [-0.2, 0) is 0 Å². The number of rotatable bonds is 5. The van der Waals surface area contributed by atoms with Crippen LogP contribution in [0.1, 0.15) is 20.3 Å². The van der Waals surface area contributed by atoms with Crippen molar-refractivity contribution in [2.45, 2.75) is 25.3 Å². The molecular formula is C11H18N2OS. The highest BCUT2D eigenvalue weighted by Gasteiger charge is 2.06. The highest BCUT2D eigenvalue weighted by atomic mass is 32.2. The van der Waals surface area contributed by atoms with E-state index in [4.69, 9.17) is 10.5 Å². The summed E-state index contributed by atoms with van der Waals surface area (Å²) < 4.78 is 5.06. The van der Waals surface area contributed by atoms with E-state index >= 15 is 0 Å². The number of hydrogen-bond acceptors (Lipinski definition) is 4. The van der Waals surface area contributed by atoms with E-state index < -0.39 is 0 Å². The molecule has 2 N–H and O–H groups in total. The zero-order chi connectivity index (χ0) is 11.3. The molecule has 0 radical (unpaired) electrons. The first-order valence-corrected chi connectivity index (χ1v) is 6.09. The summed E-state index contributed by atoms with van der Waals surface area (Å²) in [6.45, 7) is 4.41. The Labute approximate surface area is 95.4 Å². The summed E-state index contributed by atoms with van der Waals surface area (Å²) >= 11 is 1.69. The Balaban J connectivity index is 2.66. The number of hydrogen-bond donors (Lipinski definition) is 1. The number of nitrogens with two attached hydrogens (primary N) is 1. The van der Waals surface area contributed by atoms with Crippen molar-refractivity contribution >= 4 is 17.4 Å². The largest absolute Gasteiger partial charge is 0.481 e. The first-order chi connectivity index (χ1) is 7.17. The Morgan fingerprint density at radius 3 is 2.87 bits per heavy atom. The highest BCUT2D eigenvalue weighted by Crippen LogP contribution is 2.27. The van der Waals surface area contributed by atoms with Gasteiger partial charge in [0, 0.05) is 11.8 Å². The third-order valence-electron chi connectivity index (χ3n) is 2.27. The summed E-state index contributed by atoms with van der Waals surface area (Å²) in [6, 6.07) is 3.62. The van der Waals surface area contributed by atoms with Crippen molar-refractivity contribution in [3.05, 3.63) is 12.1 Å². The number of methoxy groups -OCH3 is 1. The summed E-state index contributed by atoms with van der Waals surface area (Å²) in [4.78, 5) is 4.31. The Hall–Kier alpha value is -0.900. The maximum atomic E-state index is 5.83. The molecule has 0 aliphatic carbocycles. The van der Waals surface area contributed by atoms with Gasteiger partial charge in [-0.3, -0.25) is 0 Å². The van der Waals surface area contributed by atoms with Gasteiger partial charge in [0.05, 0.1) is 12.8 Å². The van der Waals surface area contributed by atoms with Crippen molar-refractivity contribution in [2.24, 2.45) is 5.92 Å². The summed E-state index contributed by atoms with van der Waals surface area (Å²) in [6.07, 6.45) is 1.18. The minimum absolute atomic E-state index is 0.621. The lowest BCUT2D eigenvalue weighted by molar-refractivity contribution is 0.395. The molecule has 1 unspecified atom stereocenters. The lowest BCUT2D eigenvalue weighted by Gasteiger charge is -2.09. The van der Waals surface area contributed by atoms with Gasteiger partial charge in [0.2, 0.25) is 5.88 Å². The molecule has 0 spiro atoms.